The number of amides is 1. The smallest absolute Gasteiger partial charge is 0.265 e. The molecule has 3 aromatic rings. The maximum atomic E-state index is 13.2. The van der Waals surface area contributed by atoms with E-state index in [1.54, 1.807) is 5.38 Å². The Kier molecular flexibility index (Phi) is 4.95. The summed E-state index contributed by atoms with van der Waals surface area (Å²) in [4.78, 5) is 13.1. The van der Waals surface area contributed by atoms with E-state index < -0.39 is 10.0 Å². The SMILES string of the molecule is Cc1ccccc1NC(=O)c1cc(S(=O)(=O)N2CCCc3ccccc32)cs1. The van der Waals surface area contributed by atoms with Gasteiger partial charge in [-0.25, -0.2) is 8.42 Å². The van der Waals surface area contributed by atoms with E-state index in [2.05, 4.69) is 5.32 Å². The fraction of sp³-hybridized carbons (Fsp3) is 0.190. The number of carbonyl (C=O) groups is 1. The van der Waals surface area contributed by atoms with Gasteiger partial charge in [0.25, 0.3) is 15.9 Å². The first-order valence-electron chi connectivity index (χ1n) is 9.03. The van der Waals surface area contributed by atoms with Crippen LogP contribution in [0, 0.1) is 6.92 Å². The number of nitrogens with zero attached hydrogens (tertiary/aromatic N) is 1. The van der Waals surface area contributed by atoms with Crippen molar-refractivity contribution in [2.24, 2.45) is 0 Å². The molecule has 1 aliphatic heterocycles. The molecule has 2 aromatic carbocycles. The van der Waals surface area contributed by atoms with E-state index in [1.807, 2.05) is 55.5 Å². The molecule has 0 fully saturated rings. The van der Waals surface area contributed by atoms with Gasteiger partial charge in [0, 0.05) is 17.6 Å². The number of fused-ring (bicyclic) bond motifs is 1. The fourth-order valence-electron chi connectivity index (χ4n) is 3.35. The number of carbonyl (C=O) groups excluding carboxylic acids is 1. The van der Waals surface area contributed by atoms with Crippen LogP contribution in [0.3, 0.4) is 0 Å². The Labute approximate surface area is 168 Å². The van der Waals surface area contributed by atoms with Crippen LogP contribution in [-0.4, -0.2) is 20.9 Å². The van der Waals surface area contributed by atoms with Crippen LogP contribution in [0.1, 0.15) is 27.2 Å². The highest BCUT2D eigenvalue weighted by Crippen LogP contribution is 2.33. The van der Waals surface area contributed by atoms with E-state index in [0.717, 1.165) is 46.7 Å². The number of nitrogens with one attached hydrogen (secondary N) is 1. The van der Waals surface area contributed by atoms with Gasteiger partial charge in [0.1, 0.15) is 0 Å². The summed E-state index contributed by atoms with van der Waals surface area (Å²) in [5.41, 5.74) is 3.43. The normalized spacial score (nSPS) is 13.8. The molecule has 7 heteroatoms. The van der Waals surface area contributed by atoms with Gasteiger partial charge in [-0.1, -0.05) is 36.4 Å². The molecule has 0 saturated carbocycles. The molecule has 0 aliphatic carbocycles. The van der Waals surface area contributed by atoms with Crippen LogP contribution >= 0.6 is 11.3 Å². The number of hydrogen-bond donors (Lipinski definition) is 1. The fourth-order valence-corrected chi connectivity index (χ4v) is 6.04. The maximum absolute atomic E-state index is 13.2. The zero-order chi connectivity index (χ0) is 19.7. The van der Waals surface area contributed by atoms with Crippen molar-refractivity contribution >= 4 is 38.6 Å². The van der Waals surface area contributed by atoms with Crippen LogP contribution in [0.4, 0.5) is 11.4 Å². The van der Waals surface area contributed by atoms with Gasteiger partial charge < -0.3 is 5.32 Å². The molecule has 1 aromatic heterocycles. The highest BCUT2D eigenvalue weighted by atomic mass is 32.2. The molecule has 2 heterocycles. The number of benzene rings is 2. The summed E-state index contributed by atoms with van der Waals surface area (Å²) >= 11 is 1.14. The van der Waals surface area contributed by atoms with E-state index in [4.69, 9.17) is 0 Å². The number of para-hydroxylation sites is 2. The minimum Gasteiger partial charge on any atom is -0.321 e. The second kappa shape index (κ2) is 7.41. The van der Waals surface area contributed by atoms with Crippen LogP contribution in [0.15, 0.2) is 64.9 Å². The van der Waals surface area contributed by atoms with Gasteiger partial charge in [-0.3, -0.25) is 9.10 Å². The number of thiophene rings is 1. The second-order valence-corrected chi connectivity index (χ2v) is 9.50. The summed E-state index contributed by atoms with van der Waals surface area (Å²) in [7, 11) is -3.71. The van der Waals surface area contributed by atoms with Crippen molar-refractivity contribution in [3.8, 4) is 0 Å². The van der Waals surface area contributed by atoms with E-state index >= 15 is 0 Å². The average molecular weight is 413 g/mol. The predicted molar refractivity (Wildman–Crippen MR) is 113 cm³/mol. The number of rotatable bonds is 4. The van der Waals surface area contributed by atoms with Crippen LogP contribution in [0.2, 0.25) is 0 Å². The summed E-state index contributed by atoms with van der Waals surface area (Å²) in [6.45, 7) is 2.35. The molecule has 0 saturated heterocycles. The third kappa shape index (κ3) is 3.43. The van der Waals surface area contributed by atoms with Crippen LogP contribution in [0.5, 0.6) is 0 Å². The predicted octanol–water partition coefficient (Wildman–Crippen LogP) is 4.45. The van der Waals surface area contributed by atoms with Gasteiger partial charge >= 0.3 is 0 Å². The number of sulfonamides is 1. The first-order valence-corrected chi connectivity index (χ1v) is 11.3. The molecule has 0 radical (unpaired) electrons. The Bertz CT molecular complexity index is 1140. The van der Waals surface area contributed by atoms with Gasteiger partial charge in [-0.05, 0) is 49.1 Å². The molecule has 0 unspecified atom stereocenters. The first-order chi connectivity index (χ1) is 13.5. The maximum Gasteiger partial charge on any atom is 0.265 e. The van der Waals surface area contributed by atoms with Crippen molar-refractivity contribution in [2.75, 3.05) is 16.2 Å². The van der Waals surface area contributed by atoms with E-state index in [-0.39, 0.29) is 10.8 Å². The molecule has 4 rings (SSSR count). The molecule has 1 aliphatic rings. The summed E-state index contributed by atoms with van der Waals surface area (Å²) in [5, 5.41) is 4.39. The number of anilines is 2. The third-order valence-electron chi connectivity index (χ3n) is 4.85. The van der Waals surface area contributed by atoms with Crippen LogP contribution in [-0.2, 0) is 16.4 Å². The van der Waals surface area contributed by atoms with E-state index in [0.29, 0.717) is 11.4 Å². The number of aryl methyl sites for hydroxylation is 2. The van der Waals surface area contributed by atoms with Crippen molar-refractivity contribution in [1.29, 1.82) is 0 Å². The lowest BCUT2D eigenvalue weighted by Gasteiger charge is -2.30. The molecule has 0 spiro atoms. The highest BCUT2D eigenvalue weighted by Gasteiger charge is 2.30. The molecule has 28 heavy (non-hydrogen) atoms. The van der Waals surface area contributed by atoms with Gasteiger partial charge in [-0.2, -0.15) is 0 Å². The molecule has 1 amide bonds. The monoisotopic (exact) mass is 412 g/mol. The summed E-state index contributed by atoms with van der Waals surface area (Å²) in [6.07, 6.45) is 1.65. The van der Waals surface area contributed by atoms with Gasteiger partial charge in [-0.15, -0.1) is 11.3 Å². The quantitative estimate of drug-likeness (QED) is 0.688. The Hall–Kier alpha value is -2.64. The third-order valence-corrected chi connectivity index (χ3v) is 7.72. The van der Waals surface area contributed by atoms with Gasteiger partial charge in [0.15, 0.2) is 0 Å². The molecule has 0 atom stereocenters. The van der Waals surface area contributed by atoms with E-state index in [1.165, 1.54) is 10.4 Å². The Morgan fingerprint density at radius 2 is 1.86 bits per heavy atom. The van der Waals surface area contributed by atoms with Crippen LogP contribution < -0.4 is 9.62 Å². The first kappa shape index (κ1) is 18.7. The van der Waals surface area contributed by atoms with Crippen molar-refractivity contribution in [2.45, 2.75) is 24.7 Å². The summed E-state index contributed by atoms with van der Waals surface area (Å²) in [5.74, 6) is -0.306. The lowest BCUT2D eigenvalue weighted by molar-refractivity contribution is 0.103. The number of hydrogen-bond acceptors (Lipinski definition) is 4. The van der Waals surface area contributed by atoms with Gasteiger partial charge in [0.05, 0.1) is 15.5 Å². The largest absolute Gasteiger partial charge is 0.321 e. The Balaban J connectivity index is 1.60. The Morgan fingerprint density at radius 3 is 2.68 bits per heavy atom. The lowest BCUT2D eigenvalue weighted by Crippen LogP contribution is -2.35. The minimum atomic E-state index is -3.71. The van der Waals surface area contributed by atoms with Crippen LogP contribution in [0.25, 0.3) is 0 Å². The molecular formula is C21H20N2O3S2. The molecule has 0 bridgehead atoms. The summed E-state index contributed by atoms with van der Waals surface area (Å²) < 4.78 is 27.9. The standard InChI is InChI=1S/C21H20N2O3S2/c1-15-7-2-4-10-18(15)22-21(24)20-13-17(14-27-20)28(25,26)23-12-6-9-16-8-3-5-11-19(16)23/h2-5,7-8,10-11,13-14H,6,9,12H2,1H3,(H,22,24). The topological polar surface area (TPSA) is 66.5 Å². The molecule has 144 valence electrons. The lowest BCUT2D eigenvalue weighted by atomic mass is 10.0. The van der Waals surface area contributed by atoms with Crippen molar-refractivity contribution in [3.63, 3.8) is 0 Å². The van der Waals surface area contributed by atoms with Gasteiger partial charge in [0.2, 0.25) is 0 Å². The molecule has 5 nitrogen and oxygen atoms in total. The summed E-state index contributed by atoms with van der Waals surface area (Å²) in [6, 6.07) is 16.5. The molecular weight excluding hydrogens is 392 g/mol. The zero-order valence-corrected chi connectivity index (χ0v) is 17.0. The molecule has 1 N–H and O–H groups in total. The zero-order valence-electron chi connectivity index (χ0n) is 15.4. The van der Waals surface area contributed by atoms with E-state index in [9.17, 15) is 13.2 Å². The highest BCUT2D eigenvalue weighted by molar-refractivity contribution is 7.93. The van der Waals surface area contributed by atoms with Crippen molar-refractivity contribution in [1.82, 2.24) is 0 Å². The van der Waals surface area contributed by atoms with Crippen molar-refractivity contribution < 1.29 is 13.2 Å². The average Bonchev–Trinajstić information content (AvgIpc) is 3.20. The minimum absolute atomic E-state index is 0.157. The van der Waals surface area contributed by atoms with Crippen molar-refractivity contribution in [3.05, 3.63) is 76.0 Å². The Morgan fingerprint density at radius 1 is 1.11 bits per heavy atom. The second-order valence-electron chi connectivity index (χ2n) is 6.73.